The number of hydrogen-bond donors (Lipinski definition) is 1. The molecule has 102 valence electrons. The topological polar surface area (TPSA) is 24.9 Å². The van der Waals surface area contributed by atoms with E-state index in [1.165, 1.54) is 35.7 Å². The Morgan fingerprint density at radius 1 is 1.11 bits per heavy atom. The van der Waals surface area contributed by atoms with Crippen LogP contribution in [-0.2, 0) is 6.42 Å². The van der Waals surface area contributed by atoms with Gasteiger partial charge in [-0.05, 0) is 30.8 Å². The van der Waals surface area contributed by atoms with Gasteiger partial charge in [-0.3, -0.25) is 4.98 Å². The molecule has 0 saturated carbocycles. The Morgan fingerprint density at radius 2 is 1.95 bits per heavy atom. The van der Waals surface area contributed by atoms with Crippen LogP contribution in [0.2, 0.25) is 0 Å². The van der Waals surface area contributed by atoms with E-state index in [1.54, 1.807) is 0 Å². The van der Waals surface area contributed by atoms with Gasteiger partial charge in [-0.1, -0.05) is 44.5 Å². The largest absolute Gasteiger partial charge is 0.314 e. The quantitative estimate of drug-likeness (QED) is 0.811. The van der Waals surface area contributed by atoms with Gasteiger partial charge in [0.05, 0.1) is 0 Å². The molecule has 19 heavy (non-hydrogen) atoms. The van der Waals surface area contributed by atoms with E-state index >= 15 is 0 Å². The van der Waals surface area contributed by atoms with Crippen LogP contribution in [0.15, 0.2) is 36.5 Å². The second-order valence-electron chi connectivity index (χ2n) is 5.12. The van der Waals surface area contributed by atoms with Crippen molar-refractivity contribution in [2.45, 2.75) is 45.6 Å². The maximum atomic E-state index is 4.60. The third-order valence-corrected chi connectivity index (χ3v) is 3.52. The summed E-state index contributed by atoms with van der Waals surface area (Å²) in [5.74, 6) is 0. The van der Waals surface area contributed by atoms with Gasteiger partial charge in [-0.2, -0.15) is 0 Å². The minimum atomic E-state index is 0.545. The van der Waals surface area contributed by atoms with Crippen LogP contribution in [0.3, 0.4) is 0 Å². The molecule has 0 aliphatic carbocycles. The first-order valence-corrected chi connectivity index (χ1v) is 7.41. The molecule has 1 aromatic heterocycles. The van der Waals surface area contributed by atoms with Crippen LogP contribution in [0.1, 0.15) is 38.8 Å². The molecule has 1 unspecified atom stereocenters. The fraction of sp³-hybridized carbons (Fsp3) is 0.471. The number of benzene rings is 1. The van der Waals surface area contributed by atoms with Crippen molar-refractivity contribution in [3.8, 4) is 0 Å². The van der Waals surface area contributed by atoms with Gasteiger partial charge in [-0.15, -0.1) is 0 Å². The highest BCUT2D eigenvalue weighted by molar-refractivity contribution is 5.84. The Labute approximate surface area is 116 Å². The van der Waals surface area contributed by atoms with E-state index in [0.717, 1.165) is 13.0 Å². The molecule has 0 bridgehead atoms. The summed E-state index contributed by atoms with van der Waals surface area (Å²) in [6.07, 6.45) is 6.57. The molecule has 1 aromatic carbocycles. The molecule has 0 fully saturated rings. The van der Waals surface area contributed by atoms with Crippen LogP contribution in [-0.4, -0.2) is 17.6 Å². The highest BCUT2D eigenvalue weighted by atomic mass is 14.9. The first-order chi connectivity index (χ1) is 9.35. The normalized spacial score (nSPS) is 12.7. The van der Waals surface area contributed by atoms with Crippen LogP contribution in [0.25, 0.3) is 10.8 Å². The predicted molar refractivity (Wildman–Crippen MR) is 82.4 cm³/mol. The van der Waals surface area contributed by atoms with Crippen molar-refractivity contribution in [2.75, 3.05) is 6.54 Å². The lowest BCUT2D eigenvalue weighted by atomic mass is 10.0. The SMILES string of the molecule is CCCNC(CCC)Cc1nccc2ccccc12. The molecule has 1 atom stereocenters. The van der Waals surface area contributed by atoms with Crippen molar-refractivity contribution in [3.63, 3.8) is 0 Å². The zero-order valence-electron chi connectivity index (χ0n) is 12.0. The number of aromatic nitrogens is 1. The van der Waals surface area contributed by atoms with Crippen molar-refractivity contribution in [1.82, 2.24) is 10.3 Å². The minimum absolute atomic E-state index is 0.545. The van der Waals surface area contributed by atoms with Crippen LogP contribution in [0.4, 0.5) is 0 Å². The average Bonchev–Trinajstić information content (AvgIpc) is 2.45. The summed E-state index contributed by atoms with van der Waals surface area (Å²) in [7, 11) is 0. The number of nitrogens with one attached hydrogen (secondary N) is 1. The molecular weight excluding hydrogens is 232 g/mol. The Bertz CT molecular complexity index is 502. The molecule has 0 aliphatic heterocycles. The molecule has 2 nitrogen and oxygen atoms in total. The third-order valence-electron chi connectivity index (χ3n) is 3.52. The van der Waals surface area contributed by atoms with Crippen LogP contribution >= 0.6 is 0 Å². The Morgan fingerprint density at radius 3 is 2.74 bits per heavy atom. The molecule has 2 aromatic rings. The average molecular weight is 256 g/mol. The lowest BCUT2D eigenvalue weighted by Gasteiger charge is -2.18. The fourth-order valence-electron chi connectivity index (χ4n) is 2.55. The summed E-state index contributed by atoms with van der Waals surface area (Å²) < 4.78 is 0. The second kappa shape index (κ2) is 7.25. The minimum Gasteiger partial charge on any atom is -0.314 e. The zero-order valence-corrected chi connectivity index (χ0v) is 12.0. The van der Waals surface area contributed by atoms with E-state index in [0.29, 0.717) is 6.04 Å². The van der Waals surface area contributed by atoms with E-state index in [-0.39, 0.29) is 0 Å². The highest BCUT2D eigenvalue weighted by Crippen LogP contribution is 2.18. The summed E-state index contributed by atoms with van der Waals surface area (Å²) in [6.45, 7) is 5.55. The van der Waals surface area contributed by atoms with Gasteiger partial charge in [0.25, 0.3) is 0 Å². The Kier molecular flexibility index (Phi) is 5.34. The van der Waals surface area contributed by atoms with Gasteiger partial charge in [0.15, 0.2) is 0 Å². The Balaban J connectivity index is 2.18. The molecule has 1 N–H and O–H groups in total. The summed E-state index contributed by atoms with van der Waals surface area (Å²) in [4.78, 5) is 4.60. The summed E-state index contributed by atoms with van der Waals surface area (Å²) in [5, 5.41) is 6.23. The van der Waals surface area contributed by atoms with Crippen LogP contribution < -0.4 is 5.32 Å². The van der Waals surface area contributed by atoms with Crippen LogP contribution in [0, 0.1) is 0 Å². The maximum Gasteiger partial charge on any atom is 0.0497 e. The lowest BCUT2D eigenvalue weighted by molar-refractivity contribution is 0.470. The fourth-order valence-corrected chi connectivity index (χ4v) is 2.55. The molecule has 1 heterocycles. The predicted octanol–water partition coefficient (Wildman–Crippen LogP) is 3.95. The molecule has 2 rings (SSSR count). The van der Waals surface area contributed by atoms with Crippen molar-refractivity contribution in [1.29, 1.82) is 0 Å². The summed E-state index contributed by atoms with van der Waals surface area (Å²) in [6, 6.07) is 11.2. The van der Waals surface area contributed by atoms with Crippen molar-refractivity contribution >= 4 is 10.8 Å². The van der Waals surface area contributed by atoms with Crippen LogP contribution in [0.5, 0.6) is 0 Å². The van der Waals surface area contributed by atoms with Gasteiger partial charge in [0, 0.05) is 29.7 Å². The van der Waals surface area contributed by atoms with Gasteiger partial charge in [0.1, 0.15) is 0 Å². The molecule has 0 saturated heterocycles. The smallest absolute Gasteiger partial charge is 0.0497 e. The third kappa shape index (κ3) is 3.77. The monoisotopic (exact) mass is 256 g/mol. The van der Waals surface area contributed by atoms with Crippen molar-refractivity contribution in [3.05, 3.63) is 42.2 Å². The number of fused-ring (bicyclic) bond motifs is 1. The molecule has 0 aliphatic rings. The summed E-state index contributed by atoms with van der Waals surface area (Å²) >= 11 is 0. The van der Waals surface area contributed by atoms with E-state index in [1.807, 2.05) is 6.20 Å². The first kappa shape index (κ1) is 14.0. The lowest BCUT2D eigenvalue weighted by Crippen LogP contribution is -2.32. The number of rotatable bonds is 7. The van der Waals surface area contributed by atoms with E-state index in [4.69, 9.17) is 0 Å². The standard InChI is InChI=1S/C17H24N2/c1-3-7-15(18-11-4-2)13-17-16-9-6-5-8-14(16)10-12-19-17/h5-6,8-10,12,15,18H,3-4,7,11,13H2,1-2H3. The Hall–Kier alpha value is -1.41. The van der Waals surface area contributed by atoms with Crippen molar-refractivity contribution < 1.29 is 0 Å². The van der Waals surface area contributed by atoms with Gasteiger partial charge >= 0.3 is 0 Å². The molecule has 2 heteroatoms. The van der Waals surface area contributed by atoms with Gasteiger partial charge < -0.3 is 5.32 Å². The van der Waals surface area contributed by atoms with Gasteiger partial charge in [-0.25, -0.2) is 0 Å². The van der Waals surface area contributed by atoms with Gasteiger partial charge in [0.2, 0.25) is 0 Å². The number of hydrogen-bond acceptors (Lipinski definition) is 2. The molecule has 0 amide bonds. The highest BCUT2D eigenvalue weighted by Gasteiger charge is 2.10. The van der Waals surface area contributed by atoms with E-state index in [9.17, 15) is 0 Å². The maximum absolute atomic E-state index is 4.60. The zero-order chi connectivity index (χ0) is 13.5. The second-order valence-corrected chi connectivity index (χ2v) is 5.12. The molecule has 0 spiro atoms. The summed E-state index contributed by atoms with van der Waals surface area (Å²) in [5.41, 5.74) is 1.22. The number of nitrogens with zero attached hydrogens (tertiary/aromatic N) is 1. The number of pyridine rings is 1. The molecular formula is C17H24N2. The van der Waals surface area contributed by atoms with Crippen molar-refractivity contribution in [2.24, 2.45) is 0 Å². The van der Waals surface area contributed by atoms with E-state index in [2.05, 4.69) is 54.5 Å². The van der Waals surface area contributed by atoms with E-state index < -0.39 is 0 Å². The molecule has 0 radical (unpaired) electrons. The first-order valence-electron chi connectivity index (χ1n) is 7.41.